The molecule has 2 aromatic rings. The van der Waals surface area contributed by atoms with Gasteiger partial charge >= 0.3 is 0 Å². The fourth-order valence-corrected chi connectivity index (χ4v) is 3.70. The number of nitrogens with zero attached hydrogens (tertiary/aromatic N) is 1. The maximum Gasteiger partial charge on any atom is 0.293 e. The summed E-state index contributed by atoms with van der Waals surface area (Å²) < 4.78 is 10.7. The smallest absolute Gasteiger partial charge is 0.293 e. The monoisotopic (exact) mass is 400 g/mol. The Morgan fingerprint density at radius 1 is 1.17 bits per heavy atom. The van der Waals surface area contributed by atoms with E-state index in [2.05, 4.69) is 5.32 Å². The number of anilines is 1. The third-order valence-electron chi connectivity index (χ3n) is 5.48. The minimum Gasteiger partial charge on any atom is -0.493 e. The highest BCUT2D eigenvalue weighted by Crippen LogP contribution is 2.32. The predicted octanol–water partition coefficient (Wildman–Crippen LogP) is 1.81. The molecule has 0 bridgehead atoms. The Bertz CT molecular complexity index is 958. The fourth-order valence-electron chi connectivity index (χ4n) is 3.70. The SMILES string of the molecule is COc1cc2c(cc1OC)C[NH+](CC(=O)Nc1c([N+](=O)[O-])ccc(C)c1C)CC2. The van der Waals surface area contributed by atoms with Crippen molar-refractivity contribution < 1.29 is 24.1 Å². The molecule has 0 aromatic heterocycles. The van der Waals surface area contributed by atoms with Gasteiger partial charge in [-0.05, 0) is 42.7 Å². The van der Waals surface area contributed by atoms with Crippen LogP contribution in [0.5, 0.6) is 11.5 Å². The summed E-state index contributed by atoms with van der Waals surface area (Å²) in [6, 6.07) is 7.07. The van der Waals surface area contributed by atoms with Crippen molar-refractivity contribution in [1.82, 2.24) is 0 Å². The van der Waals surface area contributed by atoms with Gasteiger partial charge in [0, 0.05) is 18.1 Å². The Balaban J connectivity index is 1.74. The summed E-state index contributed by atoms with van der Waals surface area (Å²) in [5.41, 5.74) is 4.11. The maximum absolute atomic E-state index is 12.7. The molecule has 1 atom stereocenters. The highest BCUT2D eigenvalue weighted by Gasteiger charge is 2.26. The van der Waals surface area contributed by atoms with Crippen LogP contribution in [-0.2, 0) is 17.8 Å². The van der Waals surface area contributed by atoms with E-state index in [1.807, 2.05) is 19.1 Å². The van der Waals surface area contributed by atoms with Crippen LogP contribution in [0.15, 0.2) is 24.3 Å². The molecule has 8 nitrogen and oxygen atoms in total. The number of nitro groups is 1. The first-order valence-electron chi connectivity index (χ1n) is 9.45. The van der Waals surface area contributed by atoms with Gasteiger partial charge in [0.15, 0.2) is 18.0 Å². The van der Waals surface area contributed by atoms with Crippen LogP contribution in [0, 0.1) is 24.0 Å². The van der Waals surface area contributed by atoms with Gasteiger partial charge in [-0.2, -0.15) is 0 Å². The van der Waals surface area contributed by atoms with Gasteiger partial charge in [0.1, 0.15) is 12.2 Å². The first-order chi connectivity index (χ1) is 13.8. The number of nitro benzene ring substituents is 1. The molecule has 2 aromatic carbocycles. The van der Waals surface area contributed by atoms with Gasteiger partial charge in [-0.1, -0.05) is 6.07 Å². The van der Waals surface area contributed by atoms with E-state index in [1.165, 1.54) is 11.6 Å². The average Bonchev–Trinajstić information content (AvgIpc) is 2.70. The molecule has 0 aliphatic carbocycles. The first kappa shape index (κ1) is 20.6. The van der Waals surface area contributed by atoms with Gasteiger partial charge in [-0.3, -0.25) is 14.9 Å². The number of quaternary nitrogens is 1. The standard InChI is InChI=1S/C21H25N3O5/c1-13-5-6-17(24(26)27)21(14(13)2)22-20(25)12-23-8-7-15-9-18(28-3)19(29-4)10-16(15)11-23/h5-6,9-10H,7-8,11-12H2,1-4H3,(H,22,25)/p+1. The molecule has 0 radical (unpaired) electrons. The number of carbonyl (C=O) groups excluding carboxylic acids is 1. The largest absolute Gasteiger partial charge is 0.493 e. The van der Waals surface area contributed by atoms with Gasteiger partial charge in [-0.25, -0.2) is 0 Å². The van der Waals surface area contributed by atoms with Crippen molar-refractivity contribution in [2.24, 2.45) is 0 Å². The van der Waals surface area contributed by atoms with Gasteiger partial charge in [0.05, 0.1) is 25.7 Å². The maximum atomic E-state index is 12.7. The van der Waals surface area contributed by atoms with E-state index < -0.39 is 4.92 Å². The third kappa shape index (κ3) is 4.32. The normalized spacial score (nSPS) is 15.4. The Morgan fingerprint density at radius 2 is 1.83 bits per heavy atom. The second kappa shape index (κ2) is 8.48. The van der Waals surface area contributed by atoms with Crippen LogP contribution in [0.2, 0.25) is 0 Å². The van der Waals surface area contributed by atoms with Crippen molar-refractivity contribution in [3.05, 3.63) is 56.6 Å². The van der Waals surface area contributed by atoms with Gasteiger partial charge in [-0.15, -0.1) is 0 Å². The summed E-state index contributed by atoms with van der Waals surface area (Å²) in [7, 11) is 3.21. The van der Waals surface area contributed by atoms with E-state index in [4.69, 9.17) is 9.47 Å². The number of rotatable bonds is 6. The van der Waals surface area contributed by atoms with Crippen LogP contribution >= 0.6 is 0 Å². The molecule has 1 aliphatic rings. The number of ether oxygens (including phenoxy) is 2. The molecule has 0 spiro atoms. The van der Waals surface area contributed by atoms with E-state index in [-0.39, 0.29) is 23.8 Å². The Morgan fingerprint density at radius 3 is 2.45 bits per heavy atom. The Kier molecular flexibility index (Phi) is 6.03. The van der Waals surface area contributed by atoms with Gasteiger partial charge in [0.25, 0.3) is 11.6 Å². The summed E-state index contributed by atoms with van der Waals surface area (Å²) in [4.78, 5) is 24.6. The molecular weight excluding hydrogens is 374 g/mol. The molecule has 154 valence electrons. The second-order valence-corrected chi connectivity index (χ2v) is 7.29. The van der Waals surface area contributed by atoms with Gasteiger partial charge in [0.2, 0.25) is 0 Å². The van der Waals surface area contributed by atoms with Crippen LogP contribution in [0.3, 0.4) is 0 Å². The van der Waals surface area contributed by atoms with E-state index in [0.29, 0.717) is 23.6 Å². The Labute approximate surface area is 169 Å². The summed E-state index contributed by atoms with van der Waals surface area (Å²) in [6.07, 6.45) is 0.821. The third-order valence-corrected chi connectivity index (χ3v) is 5.48. The number of carbonyl (C=O) groups is 1. The van der Waals surface area contributed by atoms with Crippen LogP contribution in [0.1, 0.15) is 22.3 Å². The minimum atomic E-state index is -0.467. The molecular formula is C21H26N3O5+. The average molecular weight is 400 g/mol. The molecule has 8 heteroatoms. The van der Waals surface area contributed by atoms with E-state index in [1.54, 1.807) is 27.2 Å². The van der Waals surface area contributed by atoms with Crippen LogP contribution in [-0.4, -0.2) is 38.1 Å². The molecule has 1 unspecified atom stereocenters. The molecule has 0 saturated heterocycles. The van der Waals surface area contributed by atoms with Crippen molar-refractivity contribution in [2.75, 3.05) is 32.6 Å². The van der Waals surface area contributed by atoms with E-state index >= 15 is 0 Å². The molecule has 1 aliphatic heterocycles. The molecule has 1 amide bonds. The second-order valence-electron chi connectivity index (χ2n) is 7.29. The topological polar surface area (TPSA) is 95.1 Å². The molecule has 29 heavy (non-hydrogen) atoms. The summed E-state index contributed by atoms with van der Waals surface area (Å²) in [5.74, 6) is 1.14. The highest BCUT2D eigenvalue weighted by atomic mass is 16.6. The highest BCUT2D eigenvalue weighted by molar-refractivity contribution is 5.95. The predicted molar refractivity (Wildman–Crippen MR) is 109 cm³/mol. The summed E-state index contributed by atoms with van der Waals surface area (Å²) in [5, 5.41) is 14.1. The van der Waals surface area contributed by atoms with E-state index in [9.17, 15) is 14.9 Å². The van der Waals surface area contributed by atoms with Crippen LogP contribution < -0.4 is 19.7 Å². The number of hydrogen-bond donors (Lipinski definition) is 2. The lowest BCUT2D eigenvalue weighted by molar-refractivity contribution is -0.907. The lowest BCUT2D eigenvalue weighted by atomic mass is 9.99. The fraction of sp³-hybridized carbons (Fsp3) is 0.381. The van der Waals surface area contributed by atoms with Crippen molar-refractivity contribution in [2.45, 2.75) is 26.8 Å². The summed E-state index contributed by atoms with van der Waals surface area (Å²) in [6.45, 7) is 5.35. The zero-order valence-corrected chi connectivity index (χ0v) is 17.1. The van der Waals surface area contributed by atoms with Crippen molar-refractivity contribution in [1.29, 1.82) is 0 Å². The van der Waals surface area contributed by atoms with E-state index in [0.717, 1.165) is 29.0 Å². The number of benzene rings is 2. The minimum absolute atomic E-state index is 0.0859. The number of amides is 1. The van der Waals surface area contributed by atoms with Crippen LogP contribution in [0.25, 0.3) is 0 Å². The number of nitrogens with one attached hydrogen (secondary N) is 2. The summed E-state index contributed by atoms with van der Waals surface area (Å²) >= 11 is 0. The number of fused-ring (bicyclic) bond motifs is 1. The first-order valence-corrected chi connectivity index (χ1v) is 9.45. The van der Waals surface area contributed by atoms with Crippen molar-refractivity contribution in [3.8, 4) is 11.5 Å². The zero-order chi connectivity index (χ0) is 21.1. The zero-order valence-electron chi connectivity index (χ0n) is 17.1. The van der Waals surface area contributed by atoms with Crippen LogP contribution in [0.4, 0.5) is 11.4 Å². The van der Waals surface area contributed by atoms with Gasteiger partial charge < -0.3 is 19.7 Å². The number of methoxy groups -OCH3 is 2. The van der Waals surface area contributed by atoms with Crippen molar-refractivity contribution >= 4 is 17.3 Å². The molecule has 2 N–H and O–H groups in total. The lowest BCUT2D eigenvalue weighted by Crippen LogP contribution is -3.12. The molecule has 0 fully saturated rings. The number of hydrogen-bond acceptors (Lipinski definition) is 5. The molecule has 0 saturated carbocycles. The lowest BCUT2D eigenvalue weighted by Gasteiger charge is -2.26. The molecule has 1 heterocycles. The molecule has 3 rings (SSSR count). The van der Waals surface area contributed by atoms with Crippen molar-refractivity contribution in [3.63, 3.8) is 0 Å². The number of aryl methyl sites for hydroxylation is 1. The Hall–Kier alpha value is -3.13. The quantitative estimate of drug-likeness (QED) is 0.570.